The summed E-state index contributed by atoms with van der Waals surface area (Å²) < 4.78 is 40.5. The number of rotatable bonds is 8. The van der Waals surface area contributed by atoms with Crippen molar-refractivity contribution < 1.29 is 27.5 Å². The number of aliphatic imine (C=N–C) groups is 1. The quantitative estimate of drug-likeness (QED) is 0.325. The van der Waals surface area contributed by atoms with Gasteiger partial charge in [0.1, 0.15) is 18.0 Å². The number of amidine groups is 1. The van der Waals surface area contributed by atoms with E-state index in [1.807, 2.05) is 34.6 Å². The van der Waals surface area contributed by atoms with E-state index in [-0.39, 0.29) is 36.1 Å². The lowest BCUT2D eigenvalue weighted by molar-refractivity contribution is -0.121. The summed E-state index contributed by atoms with van der Waals surface area (Å²) in [5.41, 5.74) is 2.42. The molecule has 1 saturated carbocycles. The number of imide groups is 1. The molecule has 2 N–H and O–H groups in total. The molecule has 1 aromatic carbocycles. The zero-order chi connectivity index (χ0) is 32.3. The van der Waals surface area contributed by atoms with Gasteiger partial charge >= 0.3 is 6.03 Å². The third kappa shape index (κ3) is 6.66. The van der Waals surface area contributed by atoms with E-state index in [0.717, 1.165) is 46.2 Å². The van der Waals surface area contributed by atoms with E-state index in [1.54, 1.807) is 16.4 Å². The van der Waals surface area contributed by atoms with Gasteiger partial charge in [0, 0.05) is 19.0 Å². The molecule has 1 aromatic rings. The molecule has 1 aliphatic carbocycles. The van der Waals surface area contributed by atoms with Gasteiger partial charge in [-0.1, -0.05) is 19.8 Å². The molecule has 45 heavy (non-hydrogen) atoms. The number of carbonyl (C=O) groups excluding carboxylic acids is 2. The van der Waals surface area contributed by atoms with Crippen LogP contribution >= 0.6 is 0 Å². The standard InChI is InChI=1S/C33H49N5O6S/c1-20-7-9-23(10-8-20)28-35-29-27(44-29)33(36-28)12-14-37(15-13-33)45(41,42)16-11-25-21(2)17-24(18-22(25)3)38-30(39)26(34-31(38)40)19-43-32(4,5)6/h17-18,20,23,26-27,29H,7-16,19H2,1-6H3,(H,34,40)(H,35,36). The van der Waals surface area contributed by atoms with Crippen LogP contribution in [0.1, 0.15) is 82.9 Å². The Morgan fingerprint density at radius 3 is 2.33 bits per heavy atom. The maximum atomic E-state index is 13.6. The van der Waals surface area contributed by atoms with E-state index in [2.05, 4.69) is 17.6 Å². The lowest BCUT2D eigenvalue weighted by atomic mass is 9.79. The number of anilines is 1. The number of nitrogens with zero attached hydrogens (tertiary/aromatic N) is 3. The van der Waals surface area contributed by atoms with Gasteiger partial charge in [0.15, 0.2) is 6.23 Å². The smallest absolute Gasteiger partial charge is 0.329 e. The molecule has 4 aliphatic heterocycles. The zero-order valence-electron chi connectivity index (χ0n) is 27.5. The number of epoxide rings is 1. The molecule has 0 bridgehead atoms. The highest BCUT2D eigenvalue weighted by atomic mass is 32.2. The number of urea groups is 1. The topological polar surface area (TPSA) is 133 Å². The molecule has 4 heterocycles. The summed E-state index contributed by atoms with van der Waals surface area (Å²) in [7, 11) is -3.49. The SMILES string of the molecule is Cc1cc(N2C(=O)NC(COC(C)(C)C)C2=O)cc(C)c1CCS(=O)(=O)N1CCC2(CC1)NC(C1CCC(C)CC1)=NC1OC12. The molecule has 248 valence electrons. The summed E-state index contributed by atoms with van der Waals surface area (Å²) in [4.78, 5) is 31.8. The van der Waals surface area contributed by atoms with Crippen LogP contribution in [0.25, 0.3) is 0 Å². The third-order valence-corrected chi connectivity index (χ3v) is 12.2. The molecule has 3 unspecified atom stereocenters. The van der Waals surface area contributed by atoms with Gasteiger partial charge in [0.25, 0.3) is 5.91 Å². The average Bonchev–Trinajstić information content (AvgIpc) is 3.70. The summed E-state index contributed by atoms with van der Waals surface area (Å²) in [6, 6.07) is 2.34. The number of nitrogens with one attached hydrogen (secondary N) is 2. The van der Waals surface area contributed by atoms with Crippen LogP contribution in [0.4, 0.5) is 10.5 Å². The van der Waals surface area contributed by atoms with Crippen LogP contribution in [-0.2, 0) is 30.7 Å². The molecule has 5 aliphatic rings. The number of benzene rings is 1. The van der Waals surface area contributed by atoms with Crippen molar-refractivity contribution in [1.82, 2.24) is 14.9 Å². The molecular weight excluding hydrogens is 594 g/mol. The highest BCUT2D eigenvalue weighted by Crippen LogP contribution is 2.44. The van der Waals surface area contributed by atoms with Gasteiger partial charge in [0.2, 0.25) is 10.0 Å². The van der Waals surface area contributed by atoms with Crippen molar-refractivity contribution in [3.8, 4) is 0 Å². The van der Waals surface area contributed by atoms with Crippen molar-refractivity contribution in [3.63, 3.8) is 0 Å². The Labute approximate surface area is 267 Å². The maximum Gasteiger partial charge on any atom is 0.329 e. The maximum absolute atomic E-state index is 13.6. The number of aryl methyl sites for hydroxylation is 2. The monoisotopic (exact) mass is 643 g/mol. The van der Waals surface area contributed by atoms with Crippen LogP contribution in [0.2, 0.25) is 0 Å². The summed E-state index contributed by atoms with van der Waals surface area (Å²) in [6.45, 7) is 12.8. The van der Waals surface area contributed by atoms with Gasteiger partial charge in [-0.05, 0) is 101 Å². The van der Waals surface area contributed by atoms with Crippen molar-refractivity contribution in [2.45, 2.75) is 116 Å². The van der Waals surface area contributed by atoms with Crippen LogP contribution in [0.15, 0.2) is 17.1 Å². The normalized spacial score (nSPS) is 30.1. The molecule has 1 spiro atoms. The number of amides is 3. The van der Waals surface area contributed by atoms with Crippen molar-refractivity contribution in [2.24, 2.45) is 16.8 Å². The van der Waals surface area contributed by atoms with Gasteiger partial charge in [-0.3, -0.25) is 4.79 Å². The van der Waals surface area contributed by atoms with Crippen LogP contribution in [-0.4, -0.2) is 85.5 Å². The molecule has 3 atom stereocenters. The minimum absolute atomic E-state index is 0.000672. The second-order valence-corrected chi connectivity index (χ2v) is 16.9. The Morgan fingerprint density at radius 2 is 1.71 bits per heavy atom. The molecule has 0 aromatic heterocycles. The first-order valence-corrected chi connectivity index (χ1v) is 18.1. The summed E-state index contributed by atoms with van der Waals surface area (Å²) >= 11 is 0. The fourth-order valence-corrected chi connectivity index (χ4v) is 8.95. The number of hydrogen-bond acceptors (Lipinski definition) is 8. The van der Waals surface area contributed by atoms with Crippen LogP contribution in [0.5, 0.6) is 0 Å². The van der Waals surface area contributed by atoms with Gasteiger partial charge in [-0.2, -0.15) is 0 Å². The number of piperidine rings is 1. The first-order valence-electron chi connectivity index (χ1n) is 16.5. The Hall–Kier alpha value is -2.54. The number of ether oxygens (including phenoxy) is 2. The minimum atomic E-state index is -3.49. The van der Waals surface area contributed by atoms with Crippen LogP contribution < -0.4 is 15.5 Å². The van der Waals surface area contributed by atoms with Crippen molar-refractivity contribution in [2.75, 3.05) is 30.3 Å². The summed E-state index contributed by atoms with van der Waals surface area (Å²) in [5.74, 6) is 1.94. The molecule has 12 heteroatoms. The summed E-state index contributed by atoms with van der Waals surface area (Å²) in [5, 5.41) is 6.50. The van der Waals surface area contributed by atoms with Crippen molar-refractivity contribution in [1.29, 1.82) is 0 Å². The number of sulfonamides is 1. The predicted molar refractivity (Wildman–Crippen MR) is 173 cm³/mol. The van der Waals surface area contributed by atoms with E-state index in [9.17, 15) is 18.0 Å². The molecule has 11 nitrogen and oxygen atoms in total. The van der Waals surface area contributed by atoms with E-state index in [0.29, 0.717) is 44.0 Å². The van der Waals surface area contributed by atoms with E-state index in [4.69, 9.17) is 14.5 Å². The van der Waals surface area contributed by atoms with E-state index < -0.39 is 27.7 Å². The van der Waals surface area contributed by atoms with Gasteiger partial charge in [0.05, 0.1) is 29.2 Å². The predicted octanol–water partition coefficient (Wildman–Crippen LogP) is 3.80. The van der Waals surface area contributed by atoms with Gasteiger partial charge in [-0.15, -0.1) is 0 Å². The average molecular weight is 644 g/mol. The van der Waals surface area contributed by atoms with Crippen molar-refractivity contribution in [3.05, 3.63) is 28.8 Å². The van der Waals surface area contributed by atoms with E-state index in [1.165, 1.54) is 12.8 Å². The second-order valence-electron chi connectivity index (χ2n) is 14.8. The molecule has 3 saturated heterocycles. The number of fused-ring (bicyclic) bond motifs is 2. The first kappa shape index (κ1) is 32.4. The van der Waals surface area contributed by atoms with Gasteiger partial charge < -0.3 is 20.1 Å². The molecule has 6 rings (SSSR count). The third-order valence-electron chi connectivity index (χ3n) is 10.3. The van der Waals surface area contributed by atoms with Crippen molar-refractivity contribution >= 4 is 33.5 Å². The van der Waals surface area contributed by atoms with Crippen LogP contribution in [0.3, 0.4) is 0 Å². The fraction of sp³-hybridized carbons (Fsp3) is 0.727. The Balaban J connectivity index is 1.06. The summed E-state index contributed by atoms with van der Waals surface area (Å²) in [6.07, 6.45) is 6.45. The lowest BCUT2D eigenvalue weighted by Gasteiger charge is -2.44. The minimum Gasteiger partial charge on any atom is -0.373 e. The van der Waals surface area contributed by atoms with Gasteiger partial charge in [-0.25, -0.2) is 27.4 Å². The molecule has 3 amide bonds. The first-order chi connectivity index (χ1) is 21.2. The molecule has 0 radical (unpaired) electrons. The van der Waals surface area contributed by atoms with E-state index >= 15 is 0 Å². The highest BCUT2D eigenvalue weighted by molar-refractivity contribution is 7.89. The largest absolute Gasteiger partial charge is 0.373 e. The second kappa shape index (κ2) is 11.9. The zero-order valence-corrected chi connectivity index (χ0v) is 28.3. The Bertz CT molecular complexity index is 1450. The Morgan fingerprint density at radius 1 is 1.07 bits per heavy atom. The highest BCUT2D eigenvalue weighted by Gasteiger charge is 2.59. The number of carbonyl (C=O) groups is 2. The Kier molecular flexibility index (Phi) is 8.58. The van der Waals surface area contributed by atoms with Crippen LogP contribution in [0, 0.1) is 25.7 Å². The lowest BCUT2D eigenvalue weighted by Crippen LogP contribution is -2.62. The molecule has 4 fully saturated rings. The molecular formula is C33H49N5O6S. The fourth-order valence-electron chi connectivity index (χ4n) is 7.49. The number of hydrogen-bond donors (Lipinski definition) is 2.